The van der Waals surface area contributed by atoms with Crippen LogP contribution in [-0.2, 0) is 29.1 Å². The molecule has 0 bridgehead atoms. The fourth-order valence-corrected chi connectivity index (χ4v) is 11.2. The van der Waals surface area contributed by atoms with E-state index in [1.807, 2.05) is 30.2 Å². The Morgan fingerprint density at radius 2 is 1.83 bits per heavy atom. The van der Waals surface area contributed by atoms with Crippen molar-refractivity contribution in [3.8, 4) is 5.75 Å². The first kappa shape index (κ1) is 41.5. The average molecular weight is 832 g/mol. The van der Waals surface area contributed by atoms with Gasteiger partial charge in [0.05, 0.1) is 11.5 Å². The first-order chi connectivity index (χ1) is 27.9. The van der Waals surface area contributed by atoms with E-state index in [9.17, 15) is 23.7 Å². The Kier molecular flexibility index (Phi) is 12.7. The van der Waals surface area contributed by atoms with Crippen LogP contribution in [0.3, 0.4) is 0 Å². The van der Waals surface area contributed by atoms with Gasteiger partial charge >= 0.3 is 13.5 Å². The minimum Gasteiger partial charge on any atom is -0.465 e. The lowest BCUT2D eigenvalue weighted by atomic mass is 9.99. The number of rotatable bonds is 13. The number of amides is 3. The van der Waals surface area contributed by atoms with E-state index in [1.165, 1.54) is 30.4 Å². The molecule has 2 N–H and O–H groups in total. The molecule has 4 aromatic rings. The first-order valence-corrected chi connectivity index (χ1v) is 22.7. The Morgan fingerprint density at radius 3 is 2.59 bits per heavy atom. The molecular weight excluding hydrogens is 781 g/mol. The Bertz CT molecular complexity index is 2170. The number of hydrogen-bond donors (Lipinski definition) is 2. The van der Waals surface area contributed by atoms with Crippen LogP contribution in [0.25, 0.3) is 10.1 Å². The van der Waals surface area contributed by atoms with Crippen molar-refractivity contribution in [2.24, 2.45) is 0 Å². The number of hydrogen-bond acceptors (Lipinski definition) is 9. The monoisotopic (exact) mass is 831 g/mol. The number of carbonyl (C=O) groups excluding carboxylic acids is 4. The van der Waals surface area contributed by atoms with Crippen LogP contribution in [0, 0.1) is 0 Å². The molecule has 3 fully saturated rings. The van der Waals surface area contributed by atoms with Crippen LogP contribution in [0.15, 0.2) is 79.1 Å². The zero-order valence-corrected chi connectivity index (χ0v) is 34.8. The molecular formula is C43H51FN5O7PS. The molecule has 58 heavy (non-hydrogen) atoms. The van der Waals surface area contributed by atoms with Gasteiger partial charge in [-0.2, -0.15) is 0 Å². The van der Waals surface area contributed by atoms with Crippen LogP contribution in [0.2, 0.25) is 0 Å². The number of nitrogens with zero attached hydrogens (tertiary/aromatic N) is 3. The summed E-state index contributed by atoms with van der Waals surface area (Å²) in [6, 6.07) is 15.8. The number of carbonyl (C=O) groups is 4. The highest BCUT2D eigenvalue weighted by atomic mass is 32.1. The molecule has 15 heteroatoms. The molecule has 3 amide bonds. The quantitative estimate of drug-likeness (QED) is 0.102. The highest BCUT2D eigenvalue weighted by Crippen LogP contribution is 2.62. The van der Waals surface area contributed by atoms with Crippen molar-refractivity contribution in [1.82, 2.24) is 25.2 Å². The Labute approximate surface area is 342 Å². The summed E-state index contributed by atoms with van der Waals surface area (Å²) in [6.07, 6.45) is 9.27. The molecule has 3 aliphatic heterocycles. The van der Waals surface area contributed by atoms with E-state index in [0.717, 1.165) is 44.6 Å². The van der Waals surface area contributed by atoms with Crippen LogP contribution in [0.4, 0.5) is 4.39 Å². The third kappa shape index (κ3) is 8.70. The standard InChI is InChI=1S/C43H51FN5O7PS/c1-4-23-55-42(53)28(2)47-57(54,56-34-13-6-5-7-14-34)43(3,44)32-16-19-37-31(24-32)25-38(58-37)39(50)46-35-15-9-8-12-33-17-18-36(49(33)40(35)51)41(52)48-22-20-30(27-48)29-11-10-21-45-26-29/h5-7,10-11,13-14,16,19,21,24-26,28,30,33,35-36H,4,8-9,12,15,17-18,20,22-23,27H2,1-3H3,(H,46,50)(H,47,54)/t28-,30?,33-,35-,36-,43?,57?/m0/s1. The number of likely N-dealkylation sites (tertiary alicyclic amines) is 1. The van der Waals surface area contributed by atoms with Gasteiger partial charge in [0.1, 0.15) is 23.9 Å². The van der Waals surface area contributed by atoms with Gasteiger partial charge in [0.15, 0.2) is 0 Å². The van der Waals surface area contributed by atoms with Gasteiger partial charge in [-0.1, -0.05) is 50.1 Å². The smallest absolute Gasteiger partial charge is 0.358 e. The van der Waals surface area contributed by atoms with Gasteiger partial charge in [0.2, 0.25) is 17.2 Å². The summed E-state index contributed by atoms with van der Waals surface area (Å²) >= 11 is 1.19. The van der Waals surface area contributed by atoms with Crippen molar-refractivity contribution in [3.63, 3.8) is 0 Å². The summed E-state index contributed by atoms with van der Waals surface area (Å²) in [5, 5.41) is 3.51. The number of halogens is 1. The zero-order chi connectivity index (χ0) is 41.0. The number of alkyl halides is 1. The molecule has 0 aliphatic carbocycles. The number of nitrogens with one attached hydrogen (secondary N) is 2. The Balaban J connectivity index is 1.08. The number of pyridine rings is 1. The molecule has 0 spiro atoms. The van der Waals surface area contributed by atoms with Crippen LogP contribution >= 0.6 is 18.9 Å². The van der Waals surface area contributed by atoms with Gasteiger partial charge in [-0.15, -0.1) is 11.3 Å². The fraction of sp³-hybridized carbons (Fsp3) is 0.465. The van der Waals surface area contributed by atoms with Gasteiger partial charge in [0.25, 0.3) is 5.91 Å². The van der Waals surface area contributed by atoms with Gasteiger partial charge in [-0.05, 0) is 99.7 Å². The highest BCUT2D eigenvalue weighted by molar-refractivity contribution is 7.58. The van der Waals surface area contributed by atoms with E-state index in [1.54, 1.807) is 53.6 Å². The molecule has 0 radical (unpaired) electrons. The third-order valence-corrected chi connectivity index (χ3v) is 15.2. The maximum absolute atomic E-state index is 17.2. The summed E-state index contributed by atoms with van der Waals surface area (Å²) < 4.78 is 43.5. The second-order valence-electron chi connectivity index (χ2n) is 15.6. The molecule has 2 aromatic heterocycles. The molecule has 3 saturated heterocycles. The number of thiophene rings is 1. The van der Waals surface area contributed by atoms with Gasteiger partial charge in [-0.3, -0.25) is 28.7 Å². The minimum atomic E-state index is -4.55. The minimum absolute atomic E-state index is 0.0152. The maximum Gasteiger partial charge on any atom is 0.358 e. The molecule has 2 aromatic carbocycles. The van der Waals surface area contributed by atoms with Gasteiger partial charge < -0.3 is 24.4 Å². The van der Waals surface area contributed by atoms with Crippen molar-refractivity contribution in [2.75, 3.05) is 19.7 Å². The lowest BCUT2D eigenvalue weighted by Gasteiger charge is -2.36. The number of ether oxygens (including phenoxy) is 1. The fourth-order valence-electron chi connectivity index (χ4n) is 8.31. The first-order valence-electron chi connectivity index (χ1n) is 20.2. The second-order valence-corrected chi connectivity index (χ2v) is 19.1. The predicted octanol–water partition coefficient (Wildman–Crippen LogP) is 7.69. The van der Waals surface area contributed by atoms with Crippen LogP contribution < -0.4 is 14.9 Å². The number of esters is 1. The normalized spacial score (nSPS) is 23.6. The van der Waals surface area contributed by atoms with Crippen molar-refractivity contribution in [1.29, 1.82) is 0 Å². The molecule has 5 heterocycles. The number of aromatic nitrogens is 1. The molecule has 7 atom stereocenters. The lowest BCUT2D eigenvalue weighted by Crippen LogP contribution is -2.56. The van der Waals surface area contributed by atoms with Crippen LogP contribution in [0.5, 0.6) is 5.75 Å². The zero-order valence-electron chi connectivity index (χ0n) is 33.1. The number of para-hydroxylation sites is 1. The molecule has 3 unspecified atom stereocenters. The maximum atomic E-state index is 17.2. The summed E-state index contributed by atoms with van der Waals surface area (Å²) in [5.41, 5.74) is 1.12. The van der Waals surface area contributed by atoms with E-state index in [4.69, 9.17) is 9.26 Å². The van der Waals surface area contributed by atoms with E-state index < -0.39 is 42.9 Å². The molecule has 12 nitrogen and oxygen atoms in total. The van der Waals surface area contributed by atoms with E-state index in [2.05, 4.69) is 15.4 Å². The van der Waals surface area contributed by atoms with E-state index >= 15 is 4.39 Å². The molecule has 7 rings (SSSR count). The SMILES string of the molecule is CCCOC(=O)[C@H](C)NP(=O)(Oc1ccccc1)C(C)(F)c1ccc2sc(C(=O)N[C@H]3CCCC[C@H]4CC[C@@H](C(=O)N5CCC(c6cccnc6)C5)N4C3=O)cc2c1. The summed E-state index contributed by atoms with van der Waals surface area (Å²) in [6.45, 7) is 5.80. The van der Waals surface area contributed by atoms with Gasteiger partial charge in [-0.25, -0.2) is 9.48 Å². The largest absolute Gasteiger partial charge is 0.465 e. The number of fused-ring (bicyclic) bond motifs is 2. The van der Waals surface area contributed by atoms with E-state index in [-0.39, 0.29) is 41.7 Å². The molecule has 3 aliphatic rings. The predicted molar refractivity (Wildman–Crippen MR) is 220 cm³/mol. The summed E-state index contributed by atoms with van der Waals surface area (Å²) in [7, 11) is -4.55. The van der Waals surface area contributed by atoms with Crippen LogP contribution in [0.1, 0.15) is 98.9 Å². The number of benzene rings is 2. The van der Waals surface area contributed by atoms with Gasteiger partial charge in [0, 0.05) is 47.7 Å². The average Bonchev–Trinajstić information content (AvgIpc) is 3.99. The topological polar surface area (TPSA) is 147 Å². The highest BCUT2D eigenvalue weighted by Gasteiger charge is 2.51. The Morgan fingerprint density at radius 1 is 1.03 bits per heavy atom. The van der Waals surface area contributed by atoms with Crippen LogP contribution in [-0.4, -0.2) is 82.3 Å². The van der Waals surface area contributed by atoms with Crippen molar-refractivity contribution >= 4 is 52.6 Å². The third-order valence-electron chi connectivity index (χ3n) is 11.5. The molecule has 0 saturated carbocycles. The van der Waals surface area contributed by atoms with E-state index in [0.29, 0.717) is 47.3 Å². The molecule has 308 valence electrons. The van der Waals surface area contributed by atoms with Crippen molar-refractivity contribution in [3.05, 3.63) is 95.1 Å². The summed E-state index contributed by atoms with van der Waals surface area (Å²) in [4.78, 5) is 63.1. The summed E-state index contributed by atoms with van der Waals surface area (Å²) in [5.74, 6) is -1.05. The van der Waals surface area contributed by atoms with Crippen molar-refractivity contribution in [2.45, 2.75) is 108 Å². The second kappa shape index (κ2) is 17.7. The Hall–Kier alpha value is -4.65. The lowest BCUT2D eigenvalue weighted by molar-refractivity contribution is -0.146. The van der Waals surface area contributed by atoms with Crippen molar-refractivity contribution < 1.29 is 37.4 Å².